The van der Waals surface area contributed by atoms with Gasteiger partial charge in [-0.1, -0.05) is 24.3 Å². The monoisotopic (exact) mass is 1890 g/mol. The number of pyridine rings is 3. The molecule has 2 fully saturated rings. The summed E-state index contributed by atoms with van der Waals surface area (Å²) in [4.78, 5) is 58.4. The van der Waals surface area contributed by atoms with Crippen molar-refractivity contribution in [2.24, 2.45) is 7.05 Å². The minimum atomic E-state index is -0.833. The van der Waals surface area contributed by atoms with Gasteiger partial charge in [-0.3, -0.25) is 9.59 Å². The Kier molecular flexibility index (Phi) is 28.1. The maximum Gasteiger partial charge on any atom is 0.320 e. The standard InChI is InChI=1S/C20H20N6O3.C20H23N5O4.C19H18N6O3.C19H21N5O4.C17H17N7O/c1-27-15-6-4-12(8-16(15)28-2)14-11-23-26-17(21)9-18(25-20(14)26)24-13-5-7-19(29-3)22-10-13;1-28-16-6-4-11(7-17(16)29-2)13-10-23-25-18(21)8-15(24-19(13)25)12-3-5-14(20(26)27)22-9-12;1-27-15-7-11(3-5-14(15)26)13-10-22-25-16(20)8-17(24-19(13)25)23-12-4-6-18(28-2)21-9-12;1-28-16-6-10(3-5-15(16)25)12-9-22-24-17(20)7-14(23-18(12)24)11-2-4-13(19(26)27)21-8-11;1-23-6-5-11(10-23)13-9-20-24-14(18)7-15(22-17(13)24)21-12-3-4-16(25-2)19-8-12/h4-11H,21H2,1-3H3,(H,24,25);4,6-8,10,12,14,22H,3,5,9,21H2,1-2H3,(H,26,27);3-10,26H,20H2,1-2H3,(H,23,24);3,5-7,9,11,13,21,25H,2,4,8,20H2,1H3,(H,26,27);3-10H,18H2,1-2H3,(H,21,22). The second kappa shape index (κ2) is 41.5. The van der Waals surface area contributed by atoms with E-state index in [1.54, 1.807) is 201 Å². The number of rotatable bonds is 24. The van der Waals surface area contributed by atoms with Gasteiger partial charge in [-0.15, -0.1) is 0 Å². The molecule has 4 unspecified atom stereocenters. The van der Waals surface area contributed by atoms with Crippen molar-refractivity contribution in [2.45, 2.75) is 49.6 Å². The molecule has 0 saturated carbocycles. The molecule has 44 heteroatoms. The third kappa shape index (κ3) is 20.6. The molecule has 16 heterocycles. The van der Waals surface area contributed by atoms with Gasteiger partial charge in [0.05, 0.1) is 142 Å². The number of phenols is 2. The largest absolute Gasteiger partial charge is 0.504 e. The molecule has 714 valence electrons. The number of hydrogen-bond donors (Lipinski definition) is 14. The van der Waals surface area contributed by atoms with E-state index in [1.807, 2.05) is 90.7 Å². The number of carbonyl (C=O) groups is 2. The number of phenolic OH excluding ortho intramolecular Hbond substituents is 2. The molecule has 2 aliphatic rings. The van der Waals surface area contributed by atoms with Crippen LogP contribution in [0.15, 0.2) is 208 Å². The number of aromatic hydroxyl groups is 2. The van der Waals surface area contributed by atoms with Gasteiger partial charge in [-0.25, -0.2) is 39.9 Å². The average Bonchev–Trinajstić information content (AvgIpc) is 1.64. The predicted octanol–water partition coefficient (Wildman–Crippen LogP) is 12.0. The molecule has 0 radical (unpaired) electrons. The molecule has 20 rings (SSSR count). The van der Waals surface area contributed by atoms with Gasteiger partial charge in [-0.2, -0.15) is 48.1 Å². The lowest BCUT2D eigenvalue weighted by molar-refractivity contribution is -0.141. The van der Waals surface area contributed by atoms with E-state index in [0.717, 1.165) is 90.5 Å². The third-order valence-corrected chi connectivity index (χ3v) is 23.0. The molecule has 2 saturated heterocycles. The summed E-state index contributed by atoms with van der Waals surface area (Å²) in [6.07, 6.45) is 20.1. The molecule has 2 aliphatic heterocycles. The van der Waals surface area contributed by atoms with E-state index in [-0.39, 0.29) is 23.3 Å². The highest BCUT2D eigenvalue weighted by molar-refractivity contribution is 5.86. The molecular weight excluding hydrogens is 1790 g/mol. The lowest BCUT2D eigenvalue weighted by Gasteiger charge is -2.27. The van der Waals surface area contributed by atoms with E-state index in [2.05, 4.69) is 82.0 Å². The molecular formula is C95H99N29O15. The Morgan fingerprint density at radius 1 is 0.345 bits per heavy atom. The Morgan fingerprint density at radius 2 is 0.647 bits per heavy atom. The zero-order chi connectivity index (χ0) is 97.8. The molecule has 0 spiro atoms. The van der Waals surface area contributed by atoms with Crippen molar-refractivity contribution in [2.75, 3.05) is 122 Å². The van der Waals surface area contributed by atoms with Crippen LogP contribution in [0.2, 0.25) is 0 Å². The molecule has 44 nitrogen and oxygen atoms in total. The number of nitrogen functional groups attached to an aromatic ring is 5. The van der Waals surface area contributed by atoms with Crippen molar-refractivity contribution >= 4 is 104 Å². The minimum absolute atomic E-state index is 0.0529. The average molecular weight is 1890 g/mol. The minimum Gasteiger partial charge on any atom is -0.504 e. The fourth-order valence-corrected chi connectivity index (χ4v) is 15.8. The fraction of sp³-hybridized carbons (Fsp3) is 0.211. The summed E-state index contributed by atoms with van der Waals surface area (Å²) in [6.45, 7) is 1.06. The van der Waals surface area contributed by atoms with E-state index < -0.39 is 24.0 Å². The van der Waals surface area contributed by atoms with Gasteiger partial charge in [0.2, 0.25) is 17.6 Å². The number of aliphatic carboxylic acids is 2. The zero-order valence-corrected chi connectivity index (χ0v) is 76.8. The summed E-state index contributed by atoms with van der Waals surface area (Å²) in [5.74, 6) is 7.52. The first-order valence-electron chi connectivity index (χ1n) is 43.1. The Labute approximate surface area is 792 Å². The summed E-state index contributed by atoms with van der Waals surface area (Å²) in [6, 6.07) is 41.9. The Morgan fingerprint density at radius 3 is 0.921 bits per heavy atom. The highest BCUT2D eigenvalue weighted by Gasteiger charge is 2.31. The van der Waals surface area contributed by atoms with Crippen LogP contribution in [0.1, 0.15) is 48.9 Å². The Bertz CT molecular complexity index is 7460. The summed E-state index contributed by atoms with van der Waals surface area (Å²) in [5.41, 5.74) is 46.4. The zero-order valence-electron chi connectivity index (χ0n) is 76.8. The van der Waals surface area contributed by atoms with Crippen LogP contribution in [0.5, 0.6) is 63.6 Å². The van der Waals surface area contributed by atoms with Crippen LogP contribution < -0.4 is 97.9 Å². The van der Waals surface area contributed by atoms with Crippen LogP contribution in [0.25, 0.3) is 83.9 Å². The van der Waals surface area contributed by atoms with E-state index >= 15 is 0 Å². The second-order valence-electron chi connectivity index (χ2n) is 31.6. The van der Waals surface area contributed by atoms with Crippen molar-refractivity contribution in [3.05, 3.63) is 219 Å². The quantitative estimate of drug-likeness (QED) is 0.0267. The van der Waals surface area contributed by atoms with Crippen molar-refractivity contribution in [3.8, 4) is 119 Å². The van der Waals surface area contributed by atoms with Crippen LogP contribution in [0.3, 0.4) is 0 Å². The molecule has 19 N–H and O–H groups in total. The van der Waals surface area contributed by atoms with Gasteiger partial charge < -0.3 is 123 Å². The number of benzene rings is 4. The van der Waals surface area contributed by atoms with Crippen molar-refractivity contribution in [1.82, 2.24) is 103 Å². The number of aromatic nitrogens is 19. The van der Waals surface area contributed by atoms with Gasteiger partial charge in [0.25, 0.3) is 0 Å². The number of fused-ring (bicyclic) bond motifs is 5. The van der Waals surface area contributed by atoms with Crippen molar-refractivity contribution < 1.29 is 72.6 Å². The van der Waals surface area contributed by atoms with Gasteiger partial charge >= 0.3 is 11.9 Å². The third-order valence-electron chi connectivity index (χ3n) is 23.0. The van der Waals surface area contributed by atoms with Gasteiger partial charge in [-0.05, 0) is 121 Å². The smallest absolute Gasteiger partial charge is 0.320 e. The molecule has 4 atom stereocenters. The van der Waals surface area contributed by atoms with Gasteiger partial charge in [0.1, 0.15) is 58.6 Å². The summed E-state index contributed by atoms with van der Waals surface area (Å²) in [5, 5.41) is 75.4. The number of nitrogens with zero attached hydrogens (tertiary/aromatic N) is 19. The molecule has 0 bridgehead atoms. The van der Waals surface area contributed by atoms with Crippen LogP contribution in [-0.4, -0.2) is 214 Å². The normalized spacial score (nSPS) is 14.3. The molecule has 139 heavy (non-hydrogen) atoms. The van der Waals surface area contributed by atoms with Crippen LogP contribution in [0.4, 0.5) is 63.6 Å². The maximum atomic E-state index is 11.2. The predicted molar refractivity (Wildman–Crippen MR) is 521 cm³/mol. The highest BCUT2D eigenvalue weighted by atomic mass is 16.5. The number of ether oxygens (including phenoxy) is 9. The number of anilines is 11. The van der Waals surface area contributed by atoms with E-state index in [9.17, 15) is 19.8 Å². The number of nitrogens with one attached hydrogen (secondary N) is 5. The molecule has 0 amide bonds. The second-order valence-corrected chi connectivity index (χ2v) is 31.6. The Hall–Kier alpha value is -18.2. The number of methoxy groups -OCH3 is 9. The number of aryl methyl sites for hydroxylation is 1. The first kappa shape index (κ1) is 94.0. The Balaban J connectivity index is 0.000000126. The lowest BCUT2D eigenvalue weighted by atomic mass is 9.92. The lowest BCUT2D eigenvalue weighted by Crippen LogP contribution is -2.43. The van der Waals surface area contributed by atoms with E-state index in [4.69, 9.17) is 91.5 Å². The molecule has 0 aliphatic carbocycles. The molecule has 4 aromatic carbocycles. The van der Waals surface area contributed by atoms with Crippen molar-refractivity contribution in [3.63, 3.8) is 0 Å². The summed E-state index contributed by atoms with van der Waals surface area (Å²) >= 11 is 0. The first-order chi connectivity index (χ1) is 67.3. The molecule has 18 aromatic rings. The van der Waals surface area contributed by atoms with E-state index in [1.165, 1.54) is 14.2 Å². The number of nitrogens with two attached hydrogens (primary N) is 5. The van der Waals surface area contributed by atoms with E-state index in [0.29, 0.717) is 159 Å². The van der Waals surface area contributed by atoms with Gasteiger partial charge in [0, 0.05) is 126 Å². The number of hydrogen-bond acceptors (Lipinski definition) is 36. The topological polar surface area (TPSA) is 583 Å². The van der Waals surface area contributed by atoms with Crippen LogP contribution >= 0.6 is 0 Å². The SMILES string of the molecule is COc1cc(-c2cnn3c(N)cc(C4CCC(C(=O)O)NC4)nc23)ccc1O.COc1ccc(-c2cnn3c(N)cc(C4CCC(C(=O)O)NC4)nc23)cc1OC.COc1ccc(Nc2cc(N)n3ncc(-c4ccc(O)c(OC)c4)c3n2)cn1.COc1ccc(Nc2cc(N)n3ncc(-c4ccc(OC)c(OC)c4)c3n2)cn1.COc1ccc(Nc2cc(N)n3ncc(-c4ccn(C)c4)c3n2)cn1. The number of carboxylic acid groups (broad SMARTS) is 2. The van der Waals surface area contributed by atoms with Crippen molar-refractivity contribution in [1.29, 1.82) is 0 Å². The summed E-state index contributed by atoms with van der Waals surface area (Å²) < 4.78 is 56.9. The number of carboxylic acids is 2. The maximum absolute atomic E-state index is 11.2. The van der Waals surface area contributed by atoms with Gasteiger partial charge in [0.15, 0.2) is 74.2 Å². The fourth-order valence-electron chi connectivity index (χ4n) is 15.8. The summed E-state index contributed by atoms with van der Waals surface area (Å²) in [7, 11) is 16.0. The first-order valence-corrected chi connectivity index (χ1v) is 43.1. The number of piperidine rings is 2. The van der Waals surface area contributed by atoms with Crippen LogP contribution in [-0.2, 0) is 16.6 Å². The molecule has 14 aromatic heterocycles. The van der Waals surface area contributed by atoms with Crippen LogP contribution in [0, 0.1) is 0 Å². The highest BCUT2D eigenvalue weighted by Crippen LogP contribution is 2.41.